The van der Waals surface area contributed by atoms with Gasteiger partial charge in [-0.1, -0.05) is 42.9 Å². The predicted octanol–water partition coefficient (Wildman–Crippen LogP) is 4.34. The third kappa shape index (κ3) is 3.83. The van der Waals surface area contributed by atoms with E-state index in [0.717, 1.165) is 60.9 Å². The Bertz CT molecular complexity index is 1650. The van der Waals surface area contributed by atoms with Crippen molar-refractivity contribution in [3.05, 3.63) is 88.6 Å². The van der Waals surface area contributed by atoms with Gasteiger partial charge in [-0.15, -0.1) is 0 Å². The zero-order chi connectivity index (χ0) is 27.3. The highest BCUT2D eigenvalue weighted by molar-refractivity contribution is 6.46. The highest BCUT2D eigenvalue weighted by Gasteiger charge is 2.51. The number of hydrogen-bond acceptors (Lipinski definition) is 5. The second-order valence-electron chi connectivity index (χ2n) is 11.1. The molecule has 1 aromatic carbocycles. The van der Waals surface area contributed by atoms with Crippen molar-refractivity contribution >= 4 is 23.3 Å². The third-order valence-corrected chi connectivity index (χ3v) is 8.78. The third-order valence-electron chi connectivity index (χ3n) is 8.78. The van der Waals surface area contributed by atoms with Crippen molar-refractivity contribution < 1.29 is 14.0 Å². The second kappa shape index (κ2) is 9.37. The molecule has 4 heterocycles. The summed E-state index contributed by atoms with van der Waals surface area (Å²) in [6.07, 6.45) is 10.1. The summed E-state index contributed by atoms with van der Waals surface area (Å²) in [5.41, 5.74) is 2.62. The number of benzene rings is 1. The molecule has 200 valence electrons. The summed E-state index contributed by atoms with van der Waals surface area (Å²) >= 11 is 0. The van der Waals surface area contributed by atoms with Crippen molar-refractivity contribution in [2.24, 2.45) is 4.99 Å². The van der Waals surface area contributed by atoms with Gasteiger partial charge in [-0.05, 0) is 61.9 Å². The zero-order valence-electron chi connectivity index (χ0n) is 22.0. The summed E-state index contributed by atoms with van der Waals surface area (Å²) in [6, 6.07) is 12.1. The fraction of sp³-hybridized carbons (Fsp3) is 0.344. The Labute approximate surface area is 231 Å². The first-order valence-electron chi connectivity index (χ1n) is 13.9. The monoisotopic (exact) mass is 533 g/mol. The molecule has 2 aromatic heterocycles. The van der Waals surface area contributed by atoms with E-state index in [1.165, 1.54) is 6.07 Å². The summed E-state index contributed by atoms with van der Waals surface area (Å²) in [4.78, 5) is 42.3. The van der Waals surface area contributed by atoms with Gasteiger partial charge in [0.25, 0.3) is 5.91 Å². The predicted molar refractivity (Wildman–Crippen MR) is 148 cm³/mol. The molecule has 7 rings (SSSR count). The lowest BCUT2D eigenvalue weighted by molar-refractivity contribution is -0.127. The number of anilines is 1. The molecule has 7 nitrogen and oxygen atoms in total. The van der Waals surface area contributed by atoms with Gasteiger partial charge in [0.1, 0.15) is 23.0 Å². The van der Waals surface area contributed by atoms with Crippen molar-refractivity contribution in [2.45, 2.75) is 62.4 Å². The first kappa shape index (κ1) is 24.6. The number of fused-ring (bicyclic) bond motifs is 3. The van der Waals surface area contributed by atoms with Gasteiger partial charge in [0.05, 0.1) is 12.0 Å². The van der Waals surface area contributed by atoms with E-state index in [9.17, 15) is 14.0 Å². The van der Waals surface area contributed by atoms with Crippen LogP contribution in [0.3, 0.4) is 0 Å². The number of rotatable bonds is 2. The number of hydrogen-bond donors (Lipinski definition) is 1. The van der Waals surface area contributed by atoms with Crippen molar-refractivity contribution in [1.82, 2.24) is 14.9 Å². The minimum atomic E-state index is -0.681. The number of carbonyl (C=O) groups is 2. The molecule has 3 aromatic rings. The minimum Gasteiger partial charge on any atom is -0.310 e. The van der Waals surface area contributed by atoms with Gasteiger partial charge in [0.2, 0.25) is 5.91 Å². The molecule has 2 spiro atoms. The molecule has 0 radical (unpaired) electrons. The van der Waals surface area contributed by atoms with E-state index in [1.54, 1.807) is 35.5 Å². The average Bonchev–Trinajstić information content (AvgIpc) is 3.48. The van der Waals surface area contributed by atoms with Gasteiger partial charge < -0.3 is 10.2 Å². The smallest absolute Gasteiger partial charge is 0.275 e. The molecule has 1 atom stereocenters. The van der Waals surface area contributed by atoms with Crippen LogP contribution in [-0.2, 0) is 27.8 Å². The average molecular weight is 534 g/mol. The number of nitrogens with zero attached hydrogens (tertiary/aromatic N) is 4. The lowest BCUT2D eigenvalue weighted by Gasteiger charge is -2.34. The van der Waals surface area contributed by atoms with Crippen LogP contribution in [0.1, 0.15) is 66.5 Å². The molecule has 0 saturated heterocycles. The van der Waals surface area contributed by atoms with E-state index in [4.69, 9.17) is 4.99 Å². The lowest BCUT2D eigenvalue weighted by atomic mass is 9.80. The van der Waals surface area contributed by atoms with Gasteiger partial charge in [-0.2, -0.15) is 0 Å². The molecule has 0 bridgehead atoms. The highest BCUT2D eigenvalue weighted by atomic mass is 19.1. The van der Waals surface area contributed by atoms with Crippen molar-refractivity contribution in [1.29, 1.82) is 0 Å². The van der Waals surface area contributed by atoms with Crippen LogP contribution in [0.5, 0.6) is 0 Å². The molecule has 1 N–H and O–H groups in total. The van der Waals surface area contributed by atoms with Crippen molar-refractivity contribution in [3.63, 3.8) is 0 Å². The van der Waals surface area contributed by atoms with E-state index in [1.807, 2.05) is 18.2 Å². The first-order valence-corrected chi connectivity index (χ1v) is 13.9. The van der Waals surface area contributed by atoms with Gasteiger partial charge in [-0.25, -0.2) is 9.37 Å². The van der Waals surface area contributed by atoms with E-state index >= 15 is 0 Å². The summed E-state index contributed by atoms with van der Waals surface area (Å²) in [5, 5.41) is 2.92. The van der Waals surface area contributed by atoms with Crippen LogP contribution < -0.4 is 5.32 Å². The van der Waals surface area contributed by atoms with E-state index in [-0.39, 0.29) is 29.6 Å². The molecule has 40 heavy (non-hydrogen) atoms. The largest absolute Gasteiger partial charge is 0.310 e. The van der Waals surface area contributed by atoms with E-state index < -0.39 is 16.9 Å². The van der Waals surface area contributed by atoms with Gasteiger partial charge in [-0.3, -0.25) is 19.6 Å². The zero-order valence-corrected chi connectivity index (χ0v) is 22.0. The standard InChI is InChI=1S/C32H28FN5O2/c33-25-12-4-3-10-23(25)27-29(39)38(32(37-27)13-5-1-2-6-14-32)16-8-9-21-17-22-18-31(19-26(22)35-20-21)24-11-7-15-34-28(24)36-30(31)40/h3-4,7,10-12,15,17,20H,1-2,5-6,13-14,16,18-19H2,(H,34,36,40)/t31-/m0/s1. The van der Waals surface area contributed by atoms with Crippen LogP contribution in [0.2, 0.25) is 0 Å². The molecule has 1 saturated carbocycles. The summed E-state index contributed by atoms with van der Waals surface area (Å²) < 4.78 is 14.7. The van der Waals surface area contributed by atoms with E-state index in [0.29, 0.717) is 18.7 Å². The fourth-order valence-corrected chi connectivity index (χ4v) is 6.76. The van der Waals surface area contributed by atoms with Crippen molar-refractivity contribution in [2.75, 3.05) is 11.9 Å². The highest BCUT2D eigenvalue weighted by Crippen LogP contribution is 2.46. The molecule has 2 aliphatic carbocycles. The number of pyridine rings is 2. The maximum atomic E-state index is 14.7. The Kier molecular flexibility index (Phi) is 5.77. The molecular formula is C32H28FN5O2. The molecule has 1 fully saturated rings. The fourth-order valence-electron chi connectivity index (χ4n) is 6.76. The number of amides is 2. The van der Waals surface area contributed by atoms with Crippen LogP contribution >= 0.6 is 0 Å². The molecular weight excluding hydrogens is 505 g/mol. The van der Waals surface area contributed by atoms with Gasteiger partial charge in [0, 0.05) is 41.2 Å². The lowest BCUT2D eigenvalue weighted by Crippen LogP contribution is -2.46. The molecule has 2 aliphatic heterocycles. The maximum Gasteiger partial charge on any atom is 0.275 e. The number of aromatic nitrogens is 2. The molecule has 4 aliphatic rings. The van der Waals surface area contributed by atoms with Gasteiger partial charge in [0.15, 0.2) is 0 Å². The Balaban J connectivity index is 1.15. The van der Waals surface area contributed by atoms with Crippen LogP contribution in [0.25, 0.3) is 0 Å². The summed E-state index contributed by atoms with van der Waals surface area (Å²) in [7, 11) is 0. The number of nitrogens with one attached hydrogen (secondary N) is 1. The SMILES string of the molecule is O=C1C(c2ccccc2F)=NC2(CCCCCC2)N1CC#Cc1cnc2c(c1)C[C@@]1(C2)C(=O)Nc2ncccc21. The second-order valence-corrected chi connectivity index (χ2v) is 11.1. The number of aliphatic imine (C=N–C) groups is 1. The number of halogens is 1. The van der Waals surface area contributed by atoms with E-state index in [2.05, 4.69) is 27.1 Å². The Hall–Kier alpha value is -4.38. The number of carbonyl (C=O) groups excluding carboxylic acids is 2. The Morgan fingerprint density at radius 2 is 1.82 bits per heavy atom. The Morgan fingerprint density at radius 3 is 2.65 bits per heavy atom. The minimum absolute atomic E-state index is 0.0428. The van der Waals surface area contributed by atoms with Crippen LogP contribution in [-0.4, -0.2) is 44.6 Å². The van der Waals surface area contributed by atoms with Crippen LogP contribution in [0.15, 0.2) is 59.9 Å². The quantitative estimate of drug-likeness (QED) is 0.497. The normalized spacial score (nSPS) is 22.4. The molecule has 8 heteroatoms. The molecule has 2 amide bonds. The summed E-state index contributed by atoms with van der Waals surface area (Å²) in [6.45, 7) is 0.197. The summed E-state index contributed by atoms with van der Waals surface area (Å²) in [5.74, 6) is 6.25. The topological polar surface area (TPSA) is 87.5 Å². The van der Waals surface area contributed by atoms with Crippen LogP contribution in [0, 0.1) is 17.7 Å². The van der Waals surface area contributed by atoms with Crippen LogP contribution in [0.4, 0.5) is 10.2 Å². The maximum absolute atomic E-state index is 14.7. The first-order chi connectivity index (χ1) is 19.5. The van der Waals surface area contributed by atoms with Crippen molar-refractivity contribution in [3.8, 4) is 11.8 Å². The van der Waals surface area contributed by atoms with Gasteiger partial charge >= 0.3 is 0 Å². The molecule has 0 unspecified atom stereocenters. The Morgan fingerprint density at radius 1 is 1.00 bits per heavy atom.